The molecule has 1 heterocycles. The fourth-order valence-corrected chi connectivity index (χ4v) is 2.31. The number of halogens is 1. The summed E-state index contributed by atoms with van der Waals surface area (Å²) in [6.07, 6.45) is 1.45. The molecule has 0 bridgehead atoms. The maximum absolute atomic E-state index is 6.20. The molecule has 2 aromatic carbocycles. The van der Waals surface area contributed by atoms with Crippen molar-refractivity contribution in [2.24, 2.45) is 0 Å². The Balaban J connectivity index is 1.91. The van der Waals surface area contributed by atoms with Gasteiger partial charge in [0.1, 0.15) is 18.6 Å². The van der Waals surface area contributed by atoms with Gasteiger partial charge in [0.25, 0.3) is 0 Å². The van der Waals surface area contributed by atoms with Crippen LogP contribution in [0.3, 0.4) is 0 Å². The standard InChI is InChI=1S/C18H15ClN2O/c1-13-7-9-15(10-8-13)16-17(18(19)21-12-20-16)22-11-14-5-3-2-4-6-14/h2-10,12H,11H2,1H3. The van der Waals surface area contributed by atoms with Crippen LogP contribution in [0.4, 0.5) is 0 Å². The van der Waals surface area contributed by atoms with E-state index in [1.54, 1.807) is 0 Å². The van der Waals surface area contributed by atoms with Crippen LogP contribution in [-0.4, -0.2) is 9.97 Å². The molecule has 0 amide bonds. The SMILES string of the molecule is Cc1ccc(-c2ncnc(Cl)c2OCc2ccccc2)cc1. The molecule has 0 saturated heterocycles. The Hall–Kier alpha value is -2.39. The van der Waals surface area contributed by atoms with Crippen LogP contribution in [0, 0.1) is 6.92 Å². The predicted octanol–water partition coefficient (Wildman–Crippen LogP) is 4.68. The lowest BCUT2D eigenvalue weighted by atomic mass is 10.1. The van der Waals surface area contributed by atoms with Gasteiger partial charge in [-0.2, -0.15) is 0 Å². The van der Waals surface area contributed by atoms with Crippen LogP contribution in [0.5, 0.6) is 5.75 Å². The highest BCUT2D eigenvalue weighted by molar-refractivity contribution is 6.31. The van der Waals surface area contributed by atoms with Crippen molar-refractivity contribution in [3.8, 4) is 17.0 Å². The zero-order chi connectivity index (χ0) is 15.4. The first-order valence-corrected chi connectivity index (χ1v) is 7.36. The van der Waals surface area contributed by atoms with Crippen LogP contribution < -0.4 is 4.74 Å². The smallest absolute Gasteiger partial charge is 0.183 e. The molecule has 0 saturated carbocycles. The molecule has 0 atom stereocenters. The number of hydrogen-bond donors (Lipinski definition) is 0. The van der Waals surface area contributed by atoms with E-state index in [2.05, 4.69) is 9.97 Å². The van der Waals surface area contributed by atoms with Gasteiger partial charge < -0.3 is 4.74 Å². The van der Waals surface area contributed by atoms with Gasteiger partial charge in [0.2, 0.25) is 0 Å². The average Bonchev–Trinajstić information content (AvgIpc) is 2.55. The lowest BCUT2D eigenvalue weighted by Gasteiger charge is -2.12. The third-order valence-corrected chi connectivity index (χ3v) is 3.58. The lowest BCUT2D eigenvalue weighted by molar-refractivity contribution is 0.305. The van der Waals surface area contributed by atoms with Crippen molar-refractivity contribution in [2.75, 3.05) is 0 Å². The quantitative estimate of drug-likeness (QED) is 0.656. The topological polar surface area (TPSA) is 35.0 Å². The summed E-state index contributed by atoms with van der Waals surface area (Å²) < 4.78 is 5.88. The fourth-order valence-electron chi connectivity index (χ4n) is 2.13. The summed E-state index contributed by atoms with van der Waals surface area (Å²) in [5.74, 6) is 0.511. The van der Waals surface area contributed by atoms with E-state index in [4.69, 9.17) is 16.3 Å². The van der Waals surface area contributed by atoms with E-state index in [-0.39, 0.29) is 0 Å². The zero-order valence-corrected chi connectivity index (χ0v) is 12.9. The molecule has 22 heavy (non-hydrogen) atoms. The molecule has 0 aliphatic rings. The van der Waals surface area contributed by atoms with Gasteiger partial charge in [0, 0.05) is 5.56 Å². The van der Waals surface area contributed by atoms with Crippen molar-refractivity contribution in [1.29, 1.82) is 0 Å². The fraction of sp³-hybridized carbons (Fsp3) is 0.111. The second kappa shape index (κ2) is 6.58. The molecule has 0 spiro atoms. The maximum atomic E-state index is 6.20. The molecule has 0 fully saturated rings. The molecular weight excluding hydrogens is 296 g/mol. The summed E-state index contributed by atoms with van der Waals surface area (Å²) in [4.78, 5) is 8.36. The molecule has 0 aliphatic heterocycles. The molecule has 1 aromatic heterocycles. The van der Waals surface area contributed by atoms with Gasteiger partial charge in [-0.15, -0.1) is 0 Å². The number of nitrogens with zero attached hydrogens (tertiary/aromatic N) is 2. The van der Waals surface area contributed by atoms with E-state index >= 15 is 0 Å². The third-order valence-electron chi connectivity index (χ3n) is 3.31. The number of rotatable bonds is 4. The van der Waals surface area contributed by atoms with E-state index in [0.29, 0.717) is 23.2 Å². The number of aryl methyl sites for hydroxylation is 1. The molecule has 0 unspecified atom stereocenters. The zero-order valence-electron chi connectivity index (χ0n) is 12.2. The number of ether oxygens (including phenoxy) is 1. The van der Waals surface area contributed by atoms with Gasteiger partial charge >= 0.3 is 0 Å². The van der Waals surface area contributed by atoms with Crippen molar-refractivity contribution in [3.63, 3.8) is 0 Å². The summed E-state index contributed by atoms with van der Waals surface area (Å²) in [5.41, 5.74) is 3.92. The molecule has 3 nitrogen and oxygen atoms in total. The molecule has 110 valence electrons. The second-order valence-corrected chi connectivity index (χ2v) is 5.34. The Labute approximate surface area is 134 Å². The number of benzene rings is 2. The van der Waals surface area contributed by atoms with Crippen molar-refractivity contribution in [3.05, 3.63) is 77.2 Å². The number of aromatic nitrogens is 2. The van der Waals surface area contributed by atoms with E-state index in [1.165, 1.54) is 11.9 Å². The summed E-state index contributed by atoms with van der Waals surface area (Å²) in [7, 11) is 0. The molecule has 3 rings (SSSR count). The Morgan fingerprint density at radius 3 is 2.41 bits per heavy atom. The highest BCUT2D eigenvalue weighted by Gasteiger charge is 2.13. The molecular formula is C18H15ClN2O. The Kier molecular flexibility index (Phi) is 4.35. The molecule has 4 heteroatoms. The van der Waals surface area contributed by atoms with Gasteiger partial charge in [-0.3, -0.25) is 0 Å². The van der Waals surface area contributed by atoms with E-state index in [0.717, 1.165) is 11.1 Å². The molecule has 0 N–H and O–H groups in total. The maximum Gasteiger partial charge on any atom is 0.183 e. The van der Waals surface area contributed by atoms with Crippen LogP contribution in [0.25, 0.3) is 11.3 Å². The minimum atomic E-state index is 0.321. The average molecular weight is 311 g/mol. The van der Waals surface area contributed by atoms with Gasteiger partial charge in [-0.05, 0) is 12.5 Å². The Bertz CT molecular complexity index is 758. The molecule has 0 aliphatic carbocycles. The Morgan fingerprint density at radius 1 is 0.955 bits per heavy atom. The lowest BCUT2D eigenvalue weighted by Crippen LogP contribution is -2.00. The van der Waals surface area contributed by atoms with E-state index in [9.17, 15) is 0 Å². The van der Waals surface area contributed by atoms with Gasteiger partial charge in [0.05, 0.1) is 0 Å². The van der Waals surface area contributed by atoms with Crippen molar-refractivity contribution in [1.82, 2.24) is 9.97 Å². The summed E-state index contributed by atoms with van der Waals surface area (Å²) >= 11 is 6.20. The van der Waals surface area contributed by atoms with Crippen LogP contribution >= 0.6 is 11.6 Å². The number of hydrogen-bond acceptors (Lipinski definition) is 3. The van der Waals surface area contributed by atoms with Gasteiger partial charge in [-0.25, -0.2) is 9.97 Å². The first-order chi connectivity index (χ1) is 10.7. The van der Waals surface area contributed by atoms with Gasteiger partial charge in [-0.1, -0.05) is 71.8 Å². The minimum Gasteiger partial charge on any atom is -0.483 e. The predicted molar refractivity (Wildman–Crippen MR) is 88.0 cm³/mol. The summed E-state index contributed by atoms with van der Waals surface area (Å²) in [6.45, 7) is 2.47. The van der Waals surface area contributed by atoms with Crippen LogP contribution in [0.2, 0.25) is 5.15 Å². The molecule has 0 radical (unpaired) electrons. The van der Waals surface area contributed by atoms with E-state index < -0.39 is 0 Å². The van der Waals surface area contributed by atoms with Crippen LogP contribution in [0.1, 0.15) is 11.1 Å². The van der Waals surface area contributed by atoms with Gasteiger partial charge in [0.15, 0.2) is 10.9 Å². The van der Waals surface area contributed by atoms with Crippen molar-refractivity contribution >= 4 is 11.6 Å². The third kappa shape index (κ3) is 3.26. The summed E-state index contributed by atoms with van der Waals surface area (Å²) in [5, 5.41) is 0.321. The monoisotopic (exact) mass is 310 g/mol. The highest BCUT2D eigenvalue weighted by atomic mass is 35.5. The van der Waals surface area contributed by atoms with Crippen molar-refractivity contribution in [2.45, 2.75) is 13.5 Å². The first kappa shape index (κ1) is 14.5. The minimum absolute atomic E-state index is 0.321. The van der Waals surface area contributed by atoms with Crippen molar-refractivity contribution < 1.29 is 4.74 Å². The largest absolute Gasteiger partial charge is 0.483 e. The second-order valence-electron chi connectivity index (χ2n) is 4.98. The van der Waals surface area contributed by atoms with E-state index in [1.807, 2.05) is 61.5 Å². The van der Waals surface area contributed by atoms with Crippen LogP contribution in [-0.2, 0) is 6.61 Å². The normalized spacial score (nSPS) is 10.5. The summed E-state index contributed by atoms with van der Waals surface area (Å²) in [6, 6.07) is 18.0. The van der Waals surface area contributed by atoms with Crippen LogP contribution in [0.15, 0.2) is 60.9 Å². The first-order valence-electron chi connectivity index (χ1n) is 6.98. The highest BCUT2D eigenvalue weighted by Crippen LogP contribution is 2.33. The molecule has 3 aromatic rings. The Morgan fingerprint density at radius 2 is 1.68 bits per heavy atom.